The third-order valence-corrected chi connectivity index (χ3v) is 1.41. The molecule has 7 heavy (non-hydrogen) atoms. The summed E-state index contributed by atoms with van der Waals surface area (Å²) < 4.78 is 4.64. The van der Waals surface area contributed by atoms with Crippen molar-refractivity contribution in [2.75, 3.05) is 13.1 Å². The molecular formula is C4H9NOS. The molecule has 0 aliphatic carbocycles. The Balaban J connectivity index is 2.14. The zero-order valence-electron chi connectivity index (χ0n) is 4.13. The minimum atomic E-state index is 1.05. The summed E-state index contributed by atoms with van der Waals surface area (Å²) in [6.45, 7) is 2.09. The van der Waals surface area contributed by atoms with Crippen LogP contribution in [0.1, 0.15) is 12.8 Å². The molecule has 0 aromatic rings. The van der Waals surface area contributed by atoms with Gasteiger partial charge in [-0.15, -0.1) is 0 Å². The van der Waals surface area contributed by atoms with Gasteiger partial charge < -0.3 is 0 Å². The van der Waals surface area contributed by atoms with Crippen LogP contribution in [0, 0.1) is 0 Å². The third-order valence-electron chi connectivity index (χ3n) is 1.18. The average molecular weight is 119 g/mol. The van der Waals surface area contributed by atoms with E-state index < -0.39 is 0 Å². The monoisotopic (exact) mass is 119 g/mol. The summed E-state index contributed by atoms with van der Waals surface area (Å²) in [5.74, 6) is 0. The van der Waals surface area contributed by atoms with Crippen molar-refractivity contribution in [3.63, 3.8) is 0 Å². The molecule has 2 nitrogen and oxygen atoms in total. The SMILES string of the molecule is SON1CCCC1. The maximum atomic E-state index is 4.64. The summed E-state index contributed by atoms with van der Waals surface area (Å²) in [6.07, 6.45) is 2.50. The molecule has 0 N–H and O–H groups in total. The zero-order valence-corrected chi connectivity index (χ0v) is 5.03. The van der Waals surface area contributed by atoms with Gasteiger partial charge in [-0.1, -0.05) is 0 Å². The van der Waals surface area contributed by atoms with Gasteiger partial charge in [0.1, 0.15) is 0 Å². The second kappa shape index (κ2) is 2.55. The van der Waals surface area contributed by atoms with Gasteiger partial charge in [0.2, 0.25) is 0 Å². The Morgan fingerprint density at radius 3 is 2.14 bits per heavy atom. The molecule has 0 unspecified atom stereocenters. The van der Waals surface area contributed by atoms with E-state index in [1.54, 1.807) is 0 Å². The number of thiol groups is 1. The van der Waals surface area contributed by atoms with Gasteiger partial charge in [-0.2, -0.15) is 5.06 Å². The van der Waals surface area contributed by atoms with Crippen LogP contribution in [0.15, 0.2) is 0 Å². The topological polar surface area (TPSA) is 12.5 Å². The standard InChI is InChI=1S/C4H9NOS/c7-6-5-3-1-2-4-5/h7H,1-4H2. The van der Waals surface area contributed by atoms with Crippen molar-refractivity contribution >= 4 is 12.9 Å². The Morgan fingerprint density at radius 1 is 1.29 bits per heavy atom. The first-order chi connectivity index (χ1) is 3.43. The van der Waals surface area contributed by atoms with Gasteiger partial charge in [-0.05, 0) is 25.8 Å². The summed E-state index contributed by atoms with van der Waals surface area (Å²) in [5.41, 5.74) is 0. The van der Waals surface area contributed by atoms with Gasteiger partial charge >= 0.3 is 0 Å². The molecule has 1 aliphatic rings. The first kappa shape index (κ1) is 5.41. The van der Waals surface area contributed by atoms with Crippen LogP contribution >= 0.6 is 12.9 Å². The Kier molecular flexibility index (Phi) is 1.97. The van der Waals surface area contributed by atoms with E-state index in [0.717, 1.165) is 13.1 Å². The molecule has 0 amide bonds. The number of hydrogen-bond donors (Lipinski definition) is 1. The van der Waals surface area contributed by atoms with Crippen LogP contribution in [0.25, 0.3) is 0 Å². The normalized spacial score (nSPS) is 23.6. The lowest BCUT2D eigenvalue weighted by atomic mass is 10.4. The van der Waals surface area contributed by atoms with Gasteiger partial charge in [-0.25, -0.2) is 4.28 Å². The van der Waals surface area contributed by atoms with E-state index in [2.05, 4.69) is 17.2 Å². The largest absolute Gasteiger partial charge is 0.232 e. The van der Waals surface area contributed by atoms with Crippen molar-refractivity contribution in [1.29, 1.82) is 0 Å². The van der Waals surface area contributed by atoms with E-state index in [9.17, 15) is 0 Å². The Morgan fingerprint density at radius 2 is 1.86 bits per heavy atom. The summed E-state index contributed by atoms with van der Waals surface area (Å²) in [4.78, 5) is 0. The number of hydrogen-bond acceptors (Lipinski definition) is 3. The van der Waals surface area contributed by atoms with Crippen molar-refractivity contribution < 1.29 is 4.28 Å². The van der Waals surface area contributed by atoms with Gasteiger partial charge in [0, 0.05) is 13.1 Å². The van der Waals surface area contributed by atoms with Crippen LogP contribution in [-0.2, 0) is 4.28 Å². The highest BCUT2D eigenvalue weighted by molar-refractivity contribution is 7.75. The predicted octanol–water partition coefficient (Wildman–Crippen LogP) is 0.859. The van der Waals surface area contributed by atoms with E-state index in [1.807, 2.05) is 5.06 Å². The second-order valence-electron chi connectivity index (χ2n) is 1.72. The lowest BCUT2D eigenvalue weighted by molar-refractivity contribution is -0.00756. The molecule has 1 heterocycles. The number of rotatable bonds is 1. The molecule has 3 heteroatoms. The van der Waals surface area contributed by atoms with Crippen molar-refractivity contribution in [2.24, 2.45) is 0 Å². The van der Waals surface area contributed by atoms with Crippen LogP contribution in [-0.4, -0.2) is 18.2 Å². The van der Waals surface area contributed by atoms with Crippen LogP contribution < -0.4 is 0 Å². The van der Waals surface area contributed by atoms with Gasteiger partial charge in [-0.3, -0.25) is 0 Å². The smallest absolute Gasteiger partial charge is 0.0253 e. The van der Waals surface area contributed by atoms with E-state index in [4.69, 9.17) is 0 Å². The van der Waals surface area contributed by atoms with Crippen LogP contribution in [0.5, 0.6) is 0 Å². The van der Waals surface area contributed by atoms with Crippen molar-refractivity contribution in [3.8, 4) is 0 Å². The lowest BCUT2D eigenvalue weighted by Gasteiger charge is -2.06. The fraction of sp³-hybridized carbons (Fsp3) is 1.00. The van der Waals surface area contributed by atoms with Gasteiger partial charge in [0.25, 0.3) is 0 Å². The predicted molar refractivity (Wildman–Crippen MR) is 30.9 cm³/mol. The molecule has 1 aliphatic heterocycles. The highest BCUT2D eigenvalue weighted by atomic mass is 32.1. The summed E-state index contributed by atoms with van der Waals surface area (Å²) in [5, 5.41) is 1.85. The number of nitrogens with zero attached hydrogens (tertiary/aromatic N) is 1. The van der Waals surface area contributed by atoms with Crippen molar-refractivity contribution in [3.05, 3.63) is 0 Å². The van der Waals surface area contributed by atoms with Gasteiger partial charge in [0.05, 0.1) is 0 Å². The summed E-state index contributed by atoms with van der Waals surface area (Å²) >= 11 is 3.64. The number of hydroxylamine groups is 2. The van der Waals surface area contributed by atoms with Crippen LogP contribution in [0.2, 0.25) is 0 Å². The Hall–Kier alpha value is 0.270. The molecule has 0 aromatic carbocycles. The minimum absolute atomic E-state index is 1.05. The third kappa shape index (κ3) is 1.33. The van der Waals surface area contributed by atoms with E-state index in [-0.39, 0.29) is 0 Å². The first-order valence-corrected chi connectivity index (χ1v) is 2.86. The first-order valence-electron chi connectivity index (χ1n) is 2.50. The van der Waals surface area contributed by atoms with Crippen molar-refractivity contribution in [2.45, 2.75) is 12.8 Å². The van der Waals surface area contributed by atoms with Crippen molar-refractivity contribution in [1.82, 2.24) is 5.06 Å². The maximum Gasteiger partial charge on any atom is 0.0253 e. The molecule has 42 valence electrons. The molecule has 1 fully saturated rings. The quantitative estimate of drug-likeness (QED) is 0.406. The Bertz CT molecular complexity index is 53.7. The molecular weight excluding hydrogens is 110 g/mol. The van der Waals surface area contributed by atoms with E-state index >= 15 is 0 Å². The van der Waals surface area contributed by atoms with Gasteiger partial charge in [0.15, 0.2) is 0 Å². The molecule has 0 atom stereocenters. The zero-order chi connectivity index (χ0) is 5.11. The fourth-order valence-electron chi connectivity index (χ4n) is 0.770. The minimum Gasteiger partial charge on any atom is -0.232 e. The summed E-state index contributed by atoms with van der Waals surface area (Å²) in [6, 6.07) is 0. The molecule has 1 saturated heterocycles. The highest BCUT2D eigenvalue weighted by Crippen LogP contribution is 2.07. The lowest BCUT2D eigenvalue weighted by Crippen LogP contribution is -2.13. The summed E-state index contributed by atoms with van der Waals surface area (Å²) in [7, 11) is 0. The van der Waals surface area contributed by atoms with E-state index in [0.29, 0.717) is 0 Å². The maximum absolute atomic E-state index is 4.64. The van der Waals surface area contributed by atoms with Crippen LogP contribution in [0.3, 0.4) is 0 Å². The molecule has 0 aromatic heterocycles. The highest BCUT2D eigenvalue weighted by Gasteiger charge is 2.09. The Labute approximate surface area is 49.0 Å². The molecule has 1 rings (SSSR count). The average Bonchev–Trinajstić information content (AvgIpc) is 2.14. The molecule has 0 spiro atoms. The molecule has 0 radical (unpaired) electrons. The second-order valence-corrected chi connectivity index (χ2v) is 1.88. The molecule has 0 saturated carbocycles. The molecule has 0 bridgehead atoms. The fourth-order valence-corrected chi connectivity index (χ4v) is 0.933. The van der Waals surface area contributed by atoms with Crippen LogP contribution in [0.4, 0.5) is 0 Å². The van der Waals surface area contributed by atoms with E-state index in [1.165, 1.54) is 12.8 Å².